The second-order valence-electron chi connectivity index (χ2n) is 9.35. The van der Waals surface area contributed by atoms with Crippen LogP contribution in [-0.2, 0) is 4.79 Å². The van der Waals surface area contributed by atoms with Crippen molar-refractivity contribution in [2.24, 2.45) is 0 Å². The van der Waals surface area contributed by atoms with Gasteiger partial charge in [0.25, 0.3) is 5.91 Å². The topological polar surface area (TPSA) is 75.0 Å². The van der Waals surface area contributed by atoms with Gasteiger partial charge in [0, 0.05) is 64.3 Å². The molecule has 0 atom stereocenters. The fourth-order valence-electron chi connectivity index (χ4n) is 4.58. The van der Waals surface area contributed by atoms with Crippen LogP contribution in [0.1, 0.15) is 16.1 Å². The monoisotopic (exact) mass is 609 g/mol. The summed E-state index contributed by atoms with van der Waals surface area (Å²) in [5.41, 5.74) is 2.89. The van der Waals surface area contributed by atoms with E-state index in [1.165, 1.54) is 13.2 Å². The van der Waals surface area contributed by atoms with E-state index in [1.54, 1.807) is 59.5 Å². The Kier molecular flexibility index (Phi) is 8.88. The van der Waals surface area contributed by atoms with E-state index in [0.717, 1.165) is 11.3 Å². The molecule has 1 fully saturated rings. The van der Waals surface area contributed by atoms with Crippen LogP contribution in [0.5, 0.6) is 5.75 Å². The van der Waals surface area contributed by atoms with E-state index >= 15 is 0 Å². The second kappa shape index (κ2) is 12.7. The van der Waals surface area contributed by atoms with Crippen LogP contribution in [0.2, 0.25) is 15.1 Å². The van der Waals surface area contributed by atoms with E-state index in [9.17, 15) is 9.59 Å². The van der Waals surface area contributed by atoms with E-state index in [2.05, 4.69) is 10.2 Å². The molecule has 0 saturated carbocycles. The maximum Gasteiger partial charge on any atom is 0.257 e. The van der Waals surface area contributed by atoms with Crippen molar-refractivity contribution in [1.82, 2.24) is 4.90 Å². The summed E-state index contributed by atoms with van der Waals surface area (Å²) < 4.78 is 11.1. The largest absolute Gasteiger partial charge is 0.496 e. The zero-order valence-corrected chi connectivity index (χ0v) is 24.3. The number of nitrogens with one attached hydrogen (secondary N) is 1. The Balaban J connectivity index is 1.14. The van der Waals surface area contributed by atoms with Gasteiger partial charge in [0.2, 0.25) is 5.91 Å². The Labute approximate surface area is 252 Å². The van der Waals surface area contributed by atoms with Crippen molar-refractivity contribution in [3.05, 3.63) is 105 Å². The summed E-state index contributed by atoms with van der Waals surface area (Å²) in [6.45, 7) is 2.48. The summed E-state index contributed by atoms with van der Waals surface area (Å²) in [4.78, 5) is 29.6. The molecule has 2 amide bonds. The lowest BCUT2D eigenvalue weighted by Gasteiger charge is -2.36. The molecule has 0 spiro atoms. The first-order valence-corrected chi connectivity index (χ1v) is 14.0. The quantitative estimate of drug-likeness (QED) is 0.219. The zero-order valence-electron chi connectivity index (χ0n) is 22.1. The van der Waals surface area contributed by atoms with Gasteiger partial charge in [0.15, 0.2) is 0 Å². The van der Waals surface area contributed by atoms with Crippen molar-refractivity contribution in [2.45, 2.75) is 0 Å². The molecule has 5 rings (SSSR count). The molecule has 0 bridgehead atoms. The van der Waals surface area contributed by atoms with Crippen LogP contribution in [0, 0.1) is 0 Å². The van der Waals surface area contributed by atoms with Gasteiger partial charge in [-0.1, -0.05) is 34.8 Å². The van der Waals surface area contributed by atoms with Crippen LogP contribution in [-0.4, -0.2) is 50.0 Å². The number of furan rings is 1. The van der Waals surface area contributed by atoms with Gasteiger partial charge in [-0.3, -0.25) is 9.59 Å². The summed E-state index contributed by atoms with van der Waals surface area (Å²) in [7, 11) is 1.54. The predicted octanol–water partition coefficient (Wildman–Crippen LogP) is 7.53. The summed E-state index contributed by atoms with van der Waals surface area (Å²) in [6.07, 6.45) is 3.01. The third kappa shape index (κ3) is 7.06. The summed E-state index contributed by atoms with van der Waals surface area (Å²) >= 11 is 18.3. The molecule has 1 aliphatic heterocycles. The number of nitrogens with zero attached hydrogens (tertiary/aromatic N) is 2. The average molecular weight is 611 g/mol. The van der Waals surface area contributed by atoms with Crippen molar-refractivity contribution in [1.29, 1.82) is 0 Å². The molecule has 10 heteroatoms. The van der Waals surface area contributed by atoms with Crippen LogP contribution in [0.15, 0.2) is 83.3 Å². The van der Waals surface area contributed by atoms with Crippen molar-refractivity contribution in [2.75, 3.05) is 43.5 Å². The average Bonchev–Trinajstić information content (AvgIpc) is 3.45. The molecular formula is C31H26Cl3N3O4. The van der Waals surface area contributed by atoms with Crippen molar-refractivity contribution in [3.63, 3.8) is 0 Å². The van der Waals surface area contributed by atoms with Gasteiger partial charge in [-0.15, -0.1) is 0 Å². The zero-order chi connectivity index (χ0) is 28.9. The molecule has 1 aromatic heterocycles. The fraction of sp³-hybridized carbons (Fsp3) is 0.161. The molecule has 1 aliphatic rings. The number of ether oxygens (including phenoxy) is 1. The van der Waals surface area contributed by atoms with Gasteiger partial charge in [-0.2, -0.15) is 0 Å². The molecule has 0 aliphatic carbocycles. The third-order valence-corrected chi connectivity index (χ3v) is 7.30. The van der Waals surface area contributed by atoms with E-state index in [1.807, 2.05) is 24.3 Å². The number of amides is 2. The van der Waals surface area contributed by atoms with Crippen molar-refractivity contribution in [3.8, 4) is 17.1 Å². The van der Waals surface area contributed by atoms with Gasteiger partial charge < -0.3 is 24.3 Å². The Morgan fingerprint density at radius 3 is 2.24 bits per heavy atom. The third-order valence-electron chi connectivity index (χ3n) is 6.63. The van der Waals surface area contributed by atoms with E-state index in [4.69, 9.17) is 44.0 Å². The highest BCUT2D eigenvalue weighted by atomic mass is 35.5. The van der Waals surface area contributed by atoms with Crippen LogP contribution in [0.25, 0.3) is 17.4 Å². The molecule has 0 unspecified atom stereocenters. The van der Waals surface area contributed by atoms with Gasteiger partial charge in [-0.05, 0) is 78.9 Å². The molecule has 3 aromatic carbocycles. The number of hydrogen-bond donors (Lipinski definition) is 1. The summed E-state index contributed by atoms with van der Waals surface area (Å²) in [5.74, 6) is 1.23. The Bertz CT molecular complexity index is 1570. The summed E-state index contributed by atoms with van der Waals surface area (Å²) in [5, 5.41) is 4.37. The highest BCUT2D eigenvalue weighted by Crippen LogP contribution is 2.29. The van der Waals surface area contributed by atoms with Gasteiger partial charge in [0.05, 0.1) is 12.7 Å². The minimum absolute atomic E-state index is 0.102. The van der Waals surface area contributed by atoms with E-state index < -0.39 is 0 Å². The lowest BCUT2D eigenvalue weighted by molar-refractivity contribution is -0.111. The molecule has 41 heavy (non-hydrogen) atoms. The number of halogens is 3. The van der Waals surface area contributed by atoms with Gasteiger partial charge >= 0.3 is 0 Å². The minimum atomic E-state index is -0.287. The maximum absolute atomic E-state index is 13.1. The molecule has 210 valence electrons. The second-order valence-corrected chi connectivity index (χ2v) is 10.7. The Morgan fingerprint density at radius 2 is 1.56 bits per heavy atom. The smallest absolute Gasteiger partial charge is 0.257 e. The van der Waals surface area contributed by atoms with Crippen LogP contribution >= 0.6 is 34.8 Å². The number of carbonyl (C=O) groups is 2. The number of piperazine rings is 1. The SMILES string of the molecule is COc1ccc(Cl)cc1C(=O)N1CCN(c2ccc(NC(=O)/C=C/c3ccc(-c4cc(Cl)cc(Cl)c4)o3)cc2)CC1. The number of anilines is 2. The van der Waals surface area contributed by atoms with Crippen LogP contribution < -0.4 is 15.0 Å². The number of hydrogen-bond acceptors (Lipinski definition) is 5. The maximum atomic E-state index is 13.1. The van der Waals surface area contributed by atoms with Crippen LogP contribution in [0.3, 0.4) is 0 Å². The number of rotatable bonds is 7. The minimum Gasteiger partial charge on any atom is -0.496 e. The molecular weight excluding hydrogens is 585 g/mol. The number of benzene rings is 3. The Hall–Kier alpha value is -3.91. The number of methoxy groups -OCH3 is 1. The molecule has 0 radical (unpaired) electrons. The van der Waals surface area contributed by atoms with Crippen LogP contribution in [0.4, 0.5) is 11.4 Å². The lowest BCUT2D eigenvalue weighted by Crippen LogP contribution is -2.48. The highest BCUT2D eigenvalue weighted by Gasteiger charge is 2.24. The Morgan fingerprint density at radius 1 is 0.854 bits per heavy atom. The normalized spacial score (nSPS) is 13.5. The number of carbonyl (C=O) groups excluding carboxylic acids is 2. The first-order valence-electron chi connectivity index (χ1n) is 12.8. The predicted molar refractivity (Wildman–Crippen MR) is 164 cm³/mol. The molecule has 7 nitrogen and oxygen atoms in total. The molecule has 1 saturated heterocycles. The molecule has 1 N–H and O–H groups in total. The molecule has 2 heterocycles. The van der Waals surface area contributed by atoms with Gasteiger partial charge in [0.1, 0.15) is 17.3 Å². The first kappa shape index (κ1) is 28.6. The van der Waals surface area contributed by atoms with E-state index in [0.29, 0.717) is 69.8 Å². The van der Waals surface area contributed by atoms with Gasteiger partial charge in [-0.25, -0.2) is 0 Å². The standard InChI is InChI=1S/C31H26Cl3N3O4/c1-40-29-9-2-21(32)19-27(29)31(39)37-14-12-36(13-15-37)25-5-3-24(4-6-25)35-30(38)11-8-26-7-10-28(41-26)20-16-22(33)18-23(34)17-20/h2-11,16-19H,12-15H2,1H3,(H,35,38)/b11-8+. The first-order chi connectivity index (χ1) is 19.8. The summed E-state index contributed by atoms with van der Waals surface area (Å²) in [6, 6.07) is 21.4. The molecule has 4 aromatic rings. The van der Waals surface area contributed by atoms with E-state index in [-0.39, 0.29) is 11.8 Å². The van der Waals surface area contributed by atoms with Crippen molar-refractivity contribution < 1.29 is 18.7 Å². The van der Waals surface area contributed by atoms with Crippen molar-refractivity contribution >= 4 is 64.1 Å². The lowest BCUT2D eigenvalue weighted by atomic mass is 10.1. The fourth-order valence-corrected chi connectivity index (χ4v) is 5.27. The highest BCUT2D eigenvalue weighted by molar-refractivity contribution is 6.35.